The Hall–Kier alpha value is -1.98. The molecule has 9 heteroatoms. The maximum Gasteiger partial charge on any atom is 0.189 e. The number of aryl methyl sites for hydroxylation is 1. The van der Waals surface area contributed by atoms with Crippen LogP contribution in [0.5, 0.6) is 5.75 Å². The molecular formula is C20H19BrIN5OS. The number of ether oxygens (including phenoxy) is 1. The van der Waals surface area contributed by atoms with Crippen LogP contribution in [0.2, 0.25) is 0 Å². The maximum atomic E-state index is 5.21. The van der Waals surface area contributed by atoms with E-state index in [0.717, 1.165) is 42.1 Å². The number of hydrogen-bond acceptors (Lipinski definition) is 6. The van der Waals surface area contributed by atoms with Crippen molar-refractivity contribution < 1.29 is 4.74 Å². The molecule has 150 valence electrons. The first kappa shape index (κ1) is 21.7. The molecule has 1 aromatic carbocycles. The Morgan fingerprint density at radius 3 is 2.66 bits per heavy atom. The van der Waals surface area contributed by atoms with E-state index in [4.69, 9.17) is 9.72 Å². The van der Waals surface area contributed by atoms with Crippen LogP contribution in [0.25, 0.3) is 11.3 Å². The summed E-state index contributed by atoms with van der Waals surface area (Å²) in [5.74, 6) is 1.65. The van der Waals surface area contributed by atoms with Gasteiger partial charge in [-0.3, -0.25) is 4.68 Å². The van der Waals surface area contributed by atoms with Gasteiger partial charge in [-0.05, 0) is 59.3 Å². The van der Waals surface area contributed by atoms with Crippen molar-refractivity contribution in [3.05, 3.63) is 69.0 Å². The standard InChI is InChI=1S/C20H18IN5OS.BrH/c1-13-19(25-20(28-13)24-18-5-3-4-17(21)23-18)15-10-22-26(12-15)11-14-6-8-16(27-2)9-7-14;/h3-10,12H,11H2,1-2H3,(H,23,24,25);1H. The molecule has 0 amide bonds. The molecule has 0 spiro atoms. The van der Waals surface area contributed by atoms with E-state index in [1.807, 2.05) is 59.5 Å². The Morgan fingerprint density at radius 2 is 1.93 bits per heavy atom. The molecule has 6 nitrogen and oxygen atoms in total. The summed E-state index contributed by atoms with van der Waals surface area (Å²) in [5, 5.41) is 8.60. The first-order valence-electron chi connectivity index (χ1n) is 8.63. The lowest BCUT2D eigenvalue weighted by molar-refractivity contribution is 0.414. The summed E-state index contributed by atoms with van der Waals surface area (Å²) in [6.07, 6.45) is 3.89. The van der Waals surface area contributed by atoms with Crippen LogP contribution in [0.3, 0.4) is 0 Å². The summed E-state index contributed by atoms with van der Waals surface area (Å²) < 4.78 is 8.07. The molecule has 0 bridgehead atoms. The Balaban J connectivity index is 0.00000240. The van der Waals surface area contributed by atoms with Gasteiger partial charge in [0.25, 0.3) is 0 Å². The van der Waals surface area contributed by atoms with Crippen molar-refractivity contribution in [2.24, 2.45) is 0 Å². The Labute approximate surface area is 197 Å². The van der Waals surface area contributed by atoms with Crippen molar-refractivity contribution in [2.45, 2.75) is 13.5 Å². The smallest absolute Gasteiger partial charge is 0.189 e. The lowest BCUT2D eigenvalue weighted by Gasteiger charge is -2.03. The summed E-state index contributed by atoms with van der Waals surface area (Å²) in [6, 6.07) is 13.9. The number of halogens is 2. The fourth-order valence-electron chi connectivity index (χ4n) is 2.80. The highest BCUT2D eigenvalue weighted by Gasteiger charge is 2.12. The van der Waals surface area contributed by atoms with E-state index in [1.54, 1.807) is 18.4 Å². The first-order valence-corrected chi connectivity index (χ1v) is 10.5. The minimum absolute atomic E-state index is 0. The van der Waals surface area contributed by atoms with E-state index >= 15 is 0 Å². The molecule has 3 aromatic heterocycles. The van der Waals surface area contributed by atoms with Gasteiger partial charge in [-0.25, -0.2) is 9.97 Å². The quantitative estimate of drug-likeness (QED) is 0.233. The summed E-state index contributed by atoms with van der Waals surface area (Å²) in [4.78, 5) is 10.3. The normalized spacial score (nSPS) is 10.4. The van der Waals surface area contributed by atoms with Crippen molar-refractivity contribution >= 4 is 61.9 Å². The zero-order valence-corrected chi connectivity index (χ0v) is 20.5. The highest BCUT2D eigenvalue weighted by Crippen LogP contribution is 2.31. The van der Waals surface area contributed by atoms with Gasteiger partial charge in [-0.2, -0.15) is 5.10 Å². The van der Waals surface area contributed by atoms with Crippen molar-refractivity contribution in [1.82, 2.24) is 19.7 Å². The molecule has 0 radical (unpaired) electrons. The fraction of sp³-hybridized carbons (Fsp3) is 0.150. The number of benzene rings is 1. The average molecular weight is 584 g/mol. The maximum absolute atomic E-state index is 5.21. The Kier molecular flexibility index (Phi) is 7.25. The number of aromatic nitrogens is 4. The highest BCUT2D eigenvalue weighted by atomic mass is 127. The summed E-state index contributed by atoms with van der Waals surface area (Å²) >= 11 is 3.81. The topological polar surface area (TPSA) is 64.9 Å². The van der Waals surface area contributed by atoms with E-state index in [1.165, 1.54) is 0 Å². The number of anilines is 2. The molecule has 4 rings (SSSR count). The molecule has 0 atom stereocenters. The monoisotopic (exact) mass is 583 g/mol. The first-order chi connectivity index (χ1) is 13.6. The molecule has 0 fully saturated rings. The molecule has 4 aromatic rings. The van der Waals surface area contributed by atoms with Gasteiger partial charge in [0.05, 0.1) is 25.5 Å². The van der Waals surface area contributed by atoms with E-state index in [9.17, 15) is 0 Å². The van der Waals surface area contributed by atoms with Gasteiger partial charge in [0.15, 0.2) is 5.13 Å². The molecule has 0 aliphatic rings. The van der Waals surface area contributed by atoms with Gasteiger partial charge in [-0.1, -0.05) is 18.2 Å². The summed E-state index contributed by atoms with van der Waals surface area (Å²) in [5.41, 5.74) is 3.11. The molecule has 1 N–H and O–H groups in total. The molecule has 0 saturated carbocycles. The number of nitrogens with one attached hydrogen (secondary N) is 1. The minimum atomic E-state index is 0. The number of pyridine rings is 1. The molecule has 29 heavy (non-hydrogen) atoms. The van der Waals surface area contributed by atoms with Crippen LogP contribution < -0.4 is 10.1 Å². The SMILES string of the molecule is Br.COc1ccc(Cn2cc(-c3nc(Nc4cccc(I)n4)sc3C)cn2)cc1. The van der Waals surface area contributed by atoms with Crippen molar-refractivity contribution in [3.8, 4) is 17.0 Å². The average Bonchev–Trinajstić information content (AvgIpc) is 3.28. The molecule has 0 saturated heterocycles. The number of hydrogen-bond donors (Lipinski definition) is 1. The van der Waals surface area contributed by atoms with Gasteiger partial charge in [0.1, 0.15) is 15.3 Å². The summed E-state index contributed by atoms with van der Waals surface area (Å²) in [6.45, 7) is 2.77. The zero-order chi connectivity index (χ0) is 19.5. The van der Waals surface area contributed by atoms with Crippen molar-refractivity contribution in [1.29, 1.82) is 0 Å². The highest BCUT2D eigenvalue weighted by molar-refractivity contribution is 14.1. The van der Waals surface area contributed by atoms with Crippen LogP contribution in [0.15, 0.2) is 54.9 Å². The summed E-state index contributed by atoms with van der Waals surface area (Å²) in [7, 11) is 1.67. The molecule has 3 heterocycles. The molecule has 0 unspecified atom stereocenters. The number of rotatable bonds is 6. The largest absolute Gasteiger partial charge is 0.497 e. The van der Waals surface area contributed by atoms with Gasteiger partial charge in [-0.15, -0.1) is 28.3 Å². The fourth-order valence-corrected chi connectivity index (χ4v) is 4.11. The van der Waals surface area contributed by atoms with Gasteiger partial charge in [0.2, 0.25) is 0 Å². The minimum Gasteiger partial charge on any atom is -0.497 e. The van der Waals surface area contributed by atoms with Crippen LogP contribution >= 0.6 is 50.9 Å². The Morgan fingerprint density at radius 1 is 1.14 bits per heavy atom. The van der Waals surface area contributed by atoms with E-state index in [2.05, 4.69) is 44.9 Å². The zero-order valence-electron chi connectivity index (χ0n) is 15.8. The van der Waals surface area contributed by atoms with Crippen LogP contribution in [-0.2, 0) is 6.54 Å². The van der Waals surface area contributed by atoms with E-state index < -0.39 is 0 Å². The predicted molar refractivity (Wildman–Crippen MR) is 131 cm³/mol. The third-order valence-corrected chi connectivity index (χ3v) is 5.64. The number of nitrogens with zero attached hydrogens (tertiary/aromatic N) is 4. The Bertz CT molecular complexity index is 1100. The van der Waals surface area contributed by atoms with Crippen molar-refractivity contribution in [3.63, 3.8) is 0 Å². The van der Waals surface area contributed by atoms with Crippen LogP contribution in [0.1, 0.15) is 10.4 Å². The molecule has 0 aliphatic carbocycles. The second-order valence-electron chi connectivity index (χ2n) is 6.17. The van der Waals surface area contributed by atoms with Gasteiger partial charge in [0, 0.05) is 16.6 Å². The van der Waals surface area contributed by atoms with Gasteiger partial charge < -0.3 is 10.1 Å². The predicted octanol–water partition coefficient (Wildman–Crippen LogP) is 5.69. The van der Waals surface area contributed by atoms with Crippen LogP contribution in [0.4, 0.5) is 10.9 Å². The molecule has 0 aliphatic heterocycles. The third-order valence-electron chi connectivity index (χ3n) is 4.16. The van der Waals surface area contributed by atoms with E-state index in [-0.39, 0.29) is 17.0 Å². The number of thiazole rings is 1. The molecular weight excluding hydrogens is 565 g/mol. The second kappa shape index (κ2) is 9.68. The lowest BCUT2D eigenvalue weighted by atomic mass is 10.2. The third kappa shape index (κ3) is 5.34. The van der Waals surface area contributed by atoms with Crippen molar-refractivity contribution in [2.75, 3.05) is 12.4 Å². The second-order valence-corrected chi connectivity index (χ2v) is 8.48. The van der Waals surface area contributed by atoms with Crippen LogP contribution in [0, 0.1) is 10.6 Å². The lowest BCUT2D eigenvalue weighted by Crippen LogP contribution is -1.99. The van der Waals surface area contributed by atoms with Gasteiger partial charge >= 0.3 is 0 Å². The number of methoxy groups -OCH3 is 1. The van der Waals surface area contributed by atoms with E-state index in [0.29, 0.717) is 6.54 Å². The van der Waals surface area contributed by atoms with Crippen LogP contribution in [-0.4, -0.2) is 26.9 Å².